The van der Waals surface area contributed by atoms with Gasteiger partial charge in [-0.05, 0) is 17.7 Å². The third-order valence-electron chi connectivity index (χ3n) is 8.63. The number of carbonyl (C=O) groups excluding carboxylic acids is 2. The van der Waals surface area contributed by atoms with Crippen molar-refractivity contribution in [1.82, 2.24) is 34.7 Å². The summed E-state index contributed by atoms with van der Waals surface area (Å²) in [5.74, 6) is -12.4. The lowest BCUT2D eigenvalue weighted by molar-refractivity contribution is -0.330. The second-order valence-electron chi connectivity index (χ2n) is 11.8. The van der Waals surface area contributed by atoms with Gasteiger partial charge < -0.3 is 25.4 Å². The lowest BCUT2D eigenvalue weighted by Gasteiger charge is -2.42. The van der Waals surface area contributed by atoms with E-state index in [1.807, 2.05) is 4.90 Å². The van der Waals surface area contributed by atoms with E-state index in [1.165, 1.54) is 30.2 Å². The molecule has 47 heavy (non-hydrogen) atoms. The van der Waals surface area contributed by atoms with E-state index in [0.717, 1.165) is 0 Å². The molecule has 2 saturated heterocycles. The van der Waals surface area contributed by atoms with Gasteiger partial charge in [0.15, 0.2) is 11.9 Å². The molecule has 0 spiro atoms. The number of pyridine rings is 1. The van der Waals surface area contributed by atoms with Crippen molar-refractivity contribution in [3.63, 3.8) is 0 Å². The largest absolute Gasteiger partial charge is 0.480 e. The SMILES string of the molecule is COc1ncc(-c2cc(CN3CCC(F)(F)CC3)c3c(N)ncnn23)cc1C(=O)N[C@@H]1CN(C(=O)OC2CC(F)(F)C2(F)F)C[C@@H]1F. The highest BCUT2D eigenvalue weighted by Crippen LogP contribution is 2.52. The smallest absolute Gasteiger partial charge is 0.410 e. The van der Waals surface area contributed by atoms with Crippen LogP contribution in [0.4, 0.5) is 41.3 Å². The van der Waals surface area contributed by atoms with Gasteiger partial charge in [0.2, 0.25) is 5.88 Å². The number of halogens is 7. The van der Waals surface area contributed by atoms with Gasteiger partial charge in [0.1, 0.15) is 23.6 Å². The van der Waals surface area contributed by atoms with Gasteiger partial charge in [-0.3, -0.25) is 9.69 Å². The van der Waals surface area contributed by atoms with Crippen molar-refractivity contribution in [2.45, 2.75) is 61.9 Å². The Hall–Kier alpha value is -4.42. The first-order valence-electron chi connectivity index (χ1n) is 14.5. The number of hydrogen-bond donors (Lipinski definition) is 2. The average molecular weight is 675 g/mol. The number of nitrogens with zero attached hydrogens (tertiary/aromatic N) is 6. The van der Waals surface area contributed by atoms with Crippen molar-refractivity contribution in [3.05, 3.63) is 35.8 Å². The number of likely N-dealkylation sites (tertiary alicyclic amines) is 2. The number of ether oxygens (including phenoxy) is 2. The van der Waals surface area contributed by atoms with Gasteiger partial charge in [-0.15, -0.1) is 0 Å². The summed E-state index contributed by atoms with van der Waals surface area (Å²) in [6.45, 7) is -0.524. The molecular formula is C28H29F7N8O4. The van der Waals surface area contributed by atoms with Crippen LogP contribution in [-0.4, -0.2) is 111 Å². The molecule has 6 rings (SSSR count). The number of carbonyl (C=O) groups is 2. The number of amides is 2. The summed E-state index contributed by atoms with van der Waals surface area (Å²) >= 11 is 0. The van der Waals surface area contributed by atoms with Crippen molar-refractivity contribution in [3.8, 4) is 17.1 Å². The fourth-order valence-corrected chi connectivity index (χ4v) is 5.88. The zero-order valence-corrected chi connectivity index (χ0v) is 24.7. The molecule has 3 aromatic rings. The Bertz CT molecular complexity index is 1700. The van der Waals surface area contributed by atoms with E-state index >= 15 is 0 Å². The topological polar surface area (TPSA) is 140 Å². The lowest BCUT2D eigenvalue weighted by Crippen LogP contribution is -2.64. The molecule has 1 unspecified atom stereocenters. The molecule has 0 aromatic carbocycles. The normalized spacial score (nSPS) is 24.9. The lowest BCUT2D eigenvalue weighted by atomic mass is 9.85. The summed E-state index contributed by atoms with van der Waals surface area (Å²) in [7, 11) is 1.25. The number of fused-ring (bicyclic) bond motifs is 1. The fraction of sp³-hybridized carbons (Fsp3) is 0.536. The highest BCUT2D eigenvalue weighted by Gasteiger charge is 2.74. The fourth-order valence-electron chi connectivity index (χ4n) is 5.88. The van der Waals surface area contributed by atoms with Crippen LogP contribution < -0.4 is 15.8 Å². The van der Waals surface area contributed by atoms with Crippen molar-refractivity contribution in [2.24, 2.45) is 0 Å². The molecule has 3 atom stereocenters. The van der Waals surface area contributed by atoms with Gasteiger partial charge in [-0.2, -0.15) is 22.7 Å². The number of alkyl halides is 7. The Morgan fingerprint density at radius 3 is 2.47 bits per heavy atom. The molecule has 3 fully saturated rings. The second kappa shape index (κ2) is 11.7. The van der Waals surface area contributed by atoms with Crippen LogP contribution in [0.25, 0.3) is 16.8 Å². The first-order valence-corrected chi connectivity index (χ1v) is 14.5. The summed E-state index contributed by atoms with van der Waals surface area (Å²) in [4.78, 5) is 36.5. The average Bonchev–Trinajstić information content (AvgIpc) is 3.58. The van der Waals surface area contributed by atoms with E-state index in [1.54, 1.807) is 6.07 Å². The molecule has 3 aliphatic rings. The van der Waals surface area contributed by atoms with Gasteiger partial charge >= 0.3 is 17.9 Å². The molecule has 254 valence electrons. The van der Waals surface area contributed by atoms with E-state index in [4.69, 9.17) is 10.5 Å². The van der Waals surface area contributed by atoms with Crippen LogP contribution in [0.5, 0.6) is 5.88 Å². The minimum atomic E-state index is -4.55. The summed E-state index contributed by atoms with van der Waals surface area (Å²) < 4.78 is 107. The third-order valence-corrected chi connectivity index (χ3v) is 8.63. The second-order valence-corrected chi connectivity index (χ2v) is 11.8. The molecule has 0 bridgehead atoms. The van der Waals surface area contributed by atoms with Crippen LogP contribution in [0.2, 0.25) is 0 Å². The number of aromatic nitrogens is 4. The van der Waals surface area contributed by atoms with Crippen LogP contribution in [0.15, 0.2) is 24.7 Å². The summed E-state index contributed by atoms with van der Waals surface area (Å²) in [5.41, 5.74) is 7.89. The number of hydrogen-bond acceptors (Lipinski definition) is 9. The van der Waals surface area contributed by atoms with Crippen LogP contribution in [0.1, 0.15) is 35.2 Å². The summed E-state index contributed by atoms with van der Waals surface area (Å²) in [5, 5.41) is 6.71. The Morgan fingerprint density at radius 2 is 1.81 bits per heavy atom. The van der Waals surface area contributed by atoms with Crippen LogP contribution in [0, 0.1) is 0 Å². The molecule has 2 aliphatic heterocycles. The van der Waals surface area contributed by atoms with Gasteiger partial charge in [-0.25, -0.2) is 32.4 Å². The van der Waals surface area contributed by atoms with Crippen molar-refractivity contribution in [1.29, 1.82) is 0 Å². The van der Waals surface area contributed by atoms with Crippen LogP contribution in [0.3, 0.4) is 0 Å². The predicted molar refractivity (Wildman–Crippen MR) is 149 cm³/mol. The van der Waals surface area contributed by atoms with E-state index in [0.29, 0.717) is 27.2 Å². The van der Waals surface area contributed by atoms with Crippen molar-refractivity contribution < 1.29 is 49.8 Å². The zero-order chi connectivity index (χ0) is 33.9. The van der Waals surface area contributed by atoms with E-state index in [2.05, 4.69) is 25.1 Å². The Balaban J connectivity index is 1.20. The minimum Gasteiger partial charge on any atom is -0.480 e. The Labute approximate surface area is 262 Å². The van der Waals surface area contributed by atoms with Gasteiger partial charge in [0.25, 0.3) is 11.8 Å². The Kier molecular flexibility index (Phi) is 8.08. The van der Waals surface area contributed by atoms with Crippen LogP contribution in [-0.2, 0) is 11.3 Å². The Morgan fingerprint density at radius 1 is 1.09 bits per heavy atom. The number of rotatable bonds is 7. The molecule has 19 heteroatoms. The number of anilines is 1. The van der Waals surface area contributed by atoms with Crippen molar-refractivity contribution in [2.75, 3.05) is 39.0 Å². The molecule has 12 nitrogen and oxygen atoms in total. The number of nitrogens with two attached hydrogens (primary N) is 1. The maximum absolute atomic E-state index is 14.9. The quantitative estimate of drug-likeness (QED) is 0.360. The molecule has 1 saturated carbocycles. The van der Waals surface area contributed by atoms with Gasteiger partial charge in [0, 0.05) is 50.8 Å². The van der Waals surface area contributed by atoms with E-state index in [-0.39, 0.29) is 49.7 Å². The molecule has 5 heterocycles. The number of methoxy groups -OCH3 is 1. The van der Waals surface area contributed by atoms with E-state index in [9.17, 15) is 40.3 Å². The molecule has 3 N–H and O–H groups in total. The molecule has 3 aromatic heterocycles. The monoisotopic (exact) mass is 674 g/mol. The predicted octanol–water partition coefficient (Wildman–Crippen LogP) is 3.54. The molecule has 2 amide bonds. The summed E-state index contributed by atoms with van der Waals surface area (Å²) in [6, 6.07) is 1.81. The van der Waals surface area contributed by atoms with Gasteiger partial charge in [0.05, 0.1) is 31.8 Å². The zero-order valence-electron chi connectivity index (χ0n) is 24.7. The maximum Gasteiger partial charge on any atom is 0.410 e. The highest BCUT2D eigenvalue weighted by atomic mass is 19.3. The third kappa shape index (κ3) is 5.96. The molecular weight excluding hydrogens is 645 g/mol. The number of nitrogen functional groups attached to an aromatic ring is 1. The molecule has 0 radical (unpaired) electrons. The maximum atomic E-state index is 14.9. The van der Waals surface area contributed by atoms with Crippen LogP contribution >= 0.6 is 0 Å². The standard InChI is InChI=1S/C28H29F7N8O4/c1-46-24-16(23(44)40-18-12-42(11-17(18)29)25(45)47-20-8-27(32,33)28(20,34)35)6-14(9-37-24)19-7-15(21-22(36)38-13-39-43(19)21)10-41-4-2-26(30,31)3-5-41/h6-7,9,13,17-18,20H,2-5,8,10-12H2,1H3,(H,40,44)(H2,36,38,39)/t17-,18+,20?/m0/s1. The summed E-state index contributed by atoms with van der Waals surface area (Å²) in [6.07, 6.45) is -4.93. The van der Waals surface area contributed by atoms with E-state index < -0.39 is 67.6 Å². The molecule has 1 aliphatic carbocycles. The van der Waals surface area contributed by atoms with Crippen molar-refractivity contribution >= 4 is 23.3 Å². The minimum absolute atomic E-state index is 0.131. The van der Waals surface area contributed by atoms with Gasteiger partial charge in [-0.1, -0.05) is 0 Å². The number of nitrogens with one attached hydrogen (secondary N) is 1. The highest BCUT2D eigenvalue weighted by molar-refractivity contribution is 5.98. The first kappa shape index (κ1) is 32.5. The number of piperidine rings is 1. The first-order chi connectivity index (χ1) is 22.1.